The summed E-state index contributed by atoms with van der Waals surface area (Å²) in [6, 6.07) is 5.19. The van der Waals surface area contributed by atoms with E-state index in [2.05, 4.69) is 9.97 Å². The summed E-state index contributed by atoms with van der Waals surface area (Å²) in [4.78, 5) is 20.8. The molecule has 1 aromatic carbocycles. The molecule has 0 saturated carbocycles. The van der Waals surface area contributed by atoms with E-state index in [-0.39, 0.29) is 17.9 Å². The normalized spacial score (nSPS) is 18.1. The minimum absolute atomic E-state index is 0.000627. The highest BCUT2D eigenvalue weighted by molar-refractivity contribution is 7.98. The number of carboxylic acids is 1. The highest BCUT2D eigenvalue weighted by atomic mass is 32.2. The number of nitrogens with zero attached hydrogens (tertiary/aromatic N) is 3. The molecule has 7 nitrogen and oxygen atoms in total. The first-order chi connectivity index (χ1) is 11.4. The fourth-order valence-electron chi connectivity index (χ4n) is 2.59. The highest BCUT2D eigenvalue weighted by Gasteiger charge is 2.40. The van der Waals surface area contributed by atoms with Crippen LogP contribution < -0.4 is 0 Å². The monoisotopic (exact) mass is 365 g/mol. The molecule has 0 saturated heterocycles. The predicted octanol–water partition coefficient (Wildman–Crippen LogP) is 1.40. The molecule has 24 heavy (non-hydrogen) atoms. The summed E-state index contributed by atoms with van der Waals surface area (Å²) in [7, 11) is -3.95. The first-order valence-electron chi connectivity index (χ1n) is 7.11. The van der Waals surface area contributed by atoms with Gasteiger partial charge in [0, 0.05) is 23.7 Å². The molecule has 1 aromatic heterocycles. The second-order valence-electron chi connectivity index (χ2n) is 5.23. The number of hydrogen-bond acceptors (Lipinski definition) is 6. The fraction of sp³-hybridized carbons (Fsp3) is 0.267. The molecule has 0 amide bonds. The van der Waals surface area contributed by atoms with Crippen molar-refractivity contribution in [2.45, 2.75) is 28.8 Å². The van der Waals surface area contributed by atoms with Crippen molar-refractivity contribution < 1.29 is 18.3 Å². The van der Waals surface area contributed by atoms with Crippen molar-refractivity contribution >= 4 is 27.8 Å². The molecule has 0 bridgehead atoms. The summed E-state index contributed by atoms with van der Waals surface area (Å²) in [5.74, 6) is -1.20. The molecule has 0 fully saturated rings. The van der Waals surface area contributed by atoms with E-state index in [1.165, 1.54) is 36.3 Å². The van der Waals surface area contributed by atoms with Gasteiger partial charge in [0.25, 0.3) is 0 Å². The van der Waals surface area contributed by atoms with Crippen LogP contribution in [0.5, 0.6) is 0 Å². The van der Waals surface area contributed by atoms with Crippen LogP contribution in [-0.4, -0.2) is 46.1 Å². The van der Waals surface area contributed by atoms with Crippen molar-refractivity contribution in [3.63, 3.8) is 0 Å². The molecule has 0 spiro atoms. The Labute approximate surface area is 143 Å². The Hall–Kier alpha value is -1.97. The van der Waals surface area contributed by atoms with Crippen LogP contribution in [0, 0.1) is 0 Å². The maximum absolute atomic E-state index is 12.9. The summed E-state index contributed by atoms with van der Waals surface area (Å²) in [5.41, 5.74) is 1.01. The van der Waals surface area contributed by atoms with E-state index in [1.807, 2.05) is 6.26 Å². The van der Waals surface area contributed by atoms with Gasteiger partial charge in [-0.05, 0) is 30.5 Å². The van der Waals surface area contributed by atoms with Crippen molar-refractivity contribution in [3.05, 3.63) is 48.0 Å². The minimum Gasteiger partial charge on any atom is -0.480 e. The van der Waals surface area contributed by atoms with Gasteiger partial charge in [0.1, 0.15) is 6.04 Å². The van der Waals surface area contributed by atoms with E-state index in [1.54, 1.807) is 12.1 Å². The van der Waals surface area contributed by atoms with E-state index in [9.17, 15) is 18.3 Å². The van der Waals surface area contributed by atoms with Crippen molar-refractivity contribution in [3.8, 4) is 0 Å². The molecule has 1 unspecified atom stereocenters. The van der Waals surface area contributed by atoms with Gasteiger partial charge < -0.3 is 5.11 Å². The summed E-state index contributed by atoms with van der Waals surface area (Å²) in [5, 5.41) is 9.47. The molecule has 1 aliphatic heterocycles. The van der Waals surface area contributed by atoms with Crippen LogP contribution in [0.1, 0.15) is 11.4 Å². The quantitative estimate of drug-likeness (QED) is 0.817. The topological polar surface area (TPSA) is 100 Å². The van der Waals surface area contributed by atoms with Crippen LogP contribution in [0.4, 0.5) is 0 Å². The largest absolute Gasteiger partial charge is 0.480 e. The lowest BCUT2D eigenvalue weighted by Crippen LogP contribution is -2.49. The molecule has 9 heteroatoms. The van der Waals surface area contributed by atoms with Gasteiger partial charge in [-0.3, -0.25) is 14.8 Å². The Balaban J connectivity index is 2.02. The molecule has 0 radical (unpaired) electrons. The molecule has 1 atom stereocenters. The Morgan fingerprint density at radius 1 is 1.21 bits per heavy atom. The number of carboxylic acid groups (broad SMARTS) is 1. The van der Waals surface area contributed by atoms with Gasteiger partial charge in [0.2, 0.25) is 10.0 Å². The summed E-state index contributed by atoms with van der Waals surface area (Å²) in [6.07, 6.45) is 4.84. The van der Waals surface area contributed by atoms with E-state index in [4.69, 9.17) is 0 Å². The average Bonchev–Trinajstić information content (AvgIpc) is 2.60. The number of rotatable bonds is 4. The molecule has 0 aliphatic carbocycles. The van der Waals surface area contributed by atoms with Crippen molar-refractivity contribution in [2.24, 2.45) is 0 Å². The molecule has 2 heterocycles. The zero-order valence-corrected chi connectivity index (χ0v) is 14.4. The van der Waals surface area contributed by atoms with Crippen molar-refractivity contribution in [1.82, 2.24) is 14.3 Å². The Morgan fingerprint density at radius 2 is 1.83 bits per heavy atom. The SMILES string of the molecule is CSc1ccc(S(=O)(=O)N2Cc3nccnc3CC2C(=O)O)cc1. The van der Waals surface area contributed by atoms with Crippen molar-refractivity contribution in [2.75, 3.05) is 6.26 Å². The number of carbonyl (C=O) groups is 1. The van der Waals surface area contributed by atoms with Crippen molar-refractivity contribution in [1.29, 1.82) is 0 Å². The standard InChI is InChI=1S/C15H15N3O4S2/c1-23-10-2-4-11(5-3-10)24(21,22)18-9-13-12(16-6-7-17-13)8-14(18)15(19)20/h2-7,14H,8-9H2,1H3,(H,19,20). The summed E-state index contributed by atoms with van der Waals surface area (Å²) >= 11 is 1.50. The molecule has 126 valence electrons. The highest BCUT2D eigenvalue weighted by Crippen LogP contribution is 2.28. The number of sulfonamides is 1. The second kappa shape index (κ2) is 6.50. The number of aliphatic carboxylic acids is 1. The second-order valence-corrected chi connectivity index (χ2v) is 8.00. The first kappa shape index (κ1) is 16.9. The van der Waals surface area contributed by atoms with Gasteiger partial charge in [0.15, 0.2) is 0 Å². The van der Waals surface area contributed by atoms with Crippen LogP contribution in [-0.2, 0) is 27.8 Å². The lowest BCUT2D eigenvalue weighted by atomic mass is 10.1. The smallest absolute Gasteiger partial charge is 0.322 e. The maximum Gasteiger partial charge on any atom is 0.322 e. The molecule has 2 aromatic rings. The lowest BCUT2D eigenvalue weighted by Gasteiger charge is -2.32. The van der Waals surface area contributed by atoms with E-state index in [0.717, 1.165) is 9.20 Å². The summed E-state index contributed by atoms with van der Waals surface area (Å²) < 4.78 is 26.8. The Kier molecular flexibility index (Phi) is 4.57. The summed E-state index contributed by atoms with van der Waals surface area (Å²) in [6.45, 7) is -0.104. The average molecular weight is 365 g/mol. The third-order valence-electron chi connectivity index (χ3n) is 3.85. The van der Waals surface area contributed by atoms with E-state index < -0.39 is 22.0 Å². The van der Waals surface area contributed by atoms with Gasteiger partial charge in [-0.2, -0.15) is 4.31 Å². The Morgan fingerprint density at radius 3 is 2.42 bits per heavy atom. The number of aromatic nitrogens is 2. The van der Waals surface area contributed by atoms with Gasteiger partial charge in [0.05, 0.1) is 22.8 Å². The van der Waals surface area contributed by atoms with Crippen LogP contribution >= 0.6 is 11.8 Å². The molecule has 1 aliphatic rings. The molecular formula is C15H15N3O4S2. The van der Waals surface area contributed by atoms with Gasteiger partial charge in [-0.1, -0.05) is 0 Å². The zero-order chi connectivity index (χ0) is 17.3. The number of benzene rings is 1. The molecule has 1 N–H and O–H groups in total. The van der Waals surface area contributed by atoms with Crippen LogP contribution in [0.3, 0.4) is 0 Å². The Bertz CT molecular complexity index is 869. The number of hydrogen-bond donors (Lipinski definition) is 1. The van der Waals surface area contributed by atoms with Crippen LogP contribution in [0.15, 0.2) is 46.5 Å². The zero-order valence-electron chi connectivity index (χ0n) is 12.8. The van der Waals surface area contributed by atoms with E-state index >= 15 is 0 Å². The predicted molar refractivity (Wildman–Crippen MR) is 88.1 cm³/mol. The van der Waals surface area contributed by atoms with E-state index in [0.29, 0.717) is 11.4 Å². The maximum atomic E-state index is 12.9. The van der Waals surface area contributed by atoms with Gasteiger partial charge in [-0.25, -0.2) is 8.42 Å². The third-order valence-corrected chi connectivity index (χ3v) is 6.46. The number of thioether (sulfide) groups is 1. The lowest BCUT2D eigenvalue weighted by molar-refractivity contribution is -0.141. The minimum atomic E-state index is -3.95. The van der Waals surface area contributed by atoms with Gasteiger partial charge in [-0.15, -0.1) is 11.8 Å². The van der Waals surface area contributed by atoms with Crippen LogP contribution in [0.25, 0.3) is 0 Å². The molecular weight excluding hydrogens is 350 g/mol. The fourth-order valence-corrected chi connectivity index (χ4v) is 4.54. The van der Waals surface area contributed by atoms with Crippen LogP contribution in [0.2, 0.25) is 0 Å². The molecule has 3 rings (SSSR count). The first-order valence-corrected chi connectivity index (χ1v) is 9.77. The van der Waals surface area contributed by atoms with Gasteiger partial charge >= 0.3 is 5.97 Å². The number of fused-ring (bicyclic) bond motifs is 1. The third kappa shape index (κ3) is 3.02.